The van der Waals surface area contributed by atoms with Crippen LogP contribution in [0.15, 0.2) is 47.5 Å². The summed E-state index contributed by atoms with van der Waals surface area (Å²) in [6.07, 6.45) is 1.62. The molecule has 2 N–H and O–H groups in total. The van der Waals surface area contributed by atoms with Crippen LogP contribution >= 0.6 is 24.0 Å². The van der Waals surface area contributed by atoms with E-state index in [2.05, 4.69) is 52.9 Å². The molecule has 168 valence electrons. The molecule has 6 nitrogen and oxygen atoms in total. The van der Waals surface area contributed by atoms with E-state index in [1.165, 1.54) is 16.7 Å². The molecule has 1 amide bonds. The quantitative estimate of drug-likeness (QED) is 0.304. The number of aliphatic imine (C=N–C) groups is 1. The molecule has 0 aromatic heterocycles. The van der Waals surface area contributed by atoms with E-state index in [1.54, 1.807) is 7.05 Å². The van der Waals surface area contributed by atoms with Crippen LogP contribution in [0, 0.1) is 6.92 Å². The molecule has 2 aromatic rings. The van der Waals surface area contributed by atoms with E-state index in [1.807, 2.05) is 24.0 Å². The topological polar surface area (TPSA) is 66.0 Å². The van der Waals surface area contributed by atoms with Crippen molar-refractivity contribution in [2.75, 3.05) is 20.2 Å². The first-order valence-corrected chi connectivity index (χ1v) is 10.6. The average molecular weight is 536 g/mol. The molecule has 0 radical (unpaired) electrons. The second kappa shape index (κ2) is 12.5. The third-order valence-electron chi connectivity index (χ3n) is 5.29. The van der Waals surface area contributed by atoms with Crippen molar-refractivity contribution in [2.24, 2.45) is 4.99 Å². The van der Waals surface area contributed by atoms with Crippen molar-refractivity contribution in [3.05, 3.63) is 64.7 Å². The van der Waals surface area contributed by atoms with Crippen LogP contribution < -0.4 is 15.4 Å². The number of carbonyl (C=O) groups is 1. The number of halogens is 1. The zero-order valence-corrected chi connectivity index (χ0v) is 20.9. The summed E-state index contributed by atoms with van der Waals surface area (Å²) < 4.78 is 5.77. The lowest BCUT2D eigenvalue weighted by Crippen LogP contribution is -2.36. The number of benzene rings is 2. The van der Waals surface area contributed by atoms with Gasteiger partial charge in [-0.05, 0) is 43.0 Å². The van der Waals surface area contributed by atoms with Crippen molar-refractivity contribution < 1.29 is 9.53 Å². The smallest absolute Gasteiger partial charge is 0.222 e. The SMILES string of the molecule is CCOc1cc(C)ccc1CNC(=NC)NCc1ccccc1CN1CCCC1=O.I. The maximum absolute atomic E-state index is 12.0. The lowest BCUT2D eigenvalue weighted by atomic mass is 10.1. The van der Waals surface area contributed by atoms with Gasteiger partial charge in [0.15, 0.2) is 5.96 Å². The first kappa shape index (κ1) is 25.0. The molecule has 0 unspecified atom stereocenters. The van der Waals surface area contributed by atoms with Crippen LogP contribution in [0.3, 0.4) is 0 Å². The zero-order valence-electron chi connectivity index (χ0n) is 18.6. The van der Waals surface area contributed by atoms with E-state index in [0.717, 1.165) is 30.2 Å². The normalized spacial score (nSPS) is 13.7. The van der Waals surface area contributed by atoms with Crippen LogP contribution in [0.2, 0.25) is 0 Å². The van der Waals surface area contributed by atoms with Gasteiger partial charge in [-0.3, -0.25) is 9.79 Å². The second-order valence-electron chi connectivity index (χ2n) is 7.51. The molecule has 1 aliphatic heterocycles. The Labute approximate surface area is 202 Å². The highest BCUT2D eigenvalue weighted by atomic mass is 127. The standard InChI is InChI=1S/C24H32N4O2.HI/c1-4-30-22-14-18(2)11-12-20(22)16-27-24(25-3)26-15-19-8-5-6-9-21(19)17-28-13-7-10-23(28)29;/h5-6,8-9,11-12,14H,4,7,10,13,15-17H2,1-3H3,(H2,25,26,27);1H. The molecular weight excluding hydrogens is 503 g/mol. The van der Waals surface area contributed by atoms with Gasteiger partial charge in [0.25, 0.3) is 0 Å². The molecule has 0 spiro atoms. The van der Waals surface area contributed by atoms with Gasteiger partial charge >= 0.3 is 0 Å². The lowest BCUT2D eigenvalue weighted by Gasteiger charge is -2.19. The molecule has 3 rings (SSSR count). The molecule has 0 atom stereocenters. The summed E-state index contributed by atoms with van der Waals surface area (Å²) in [7, 11) is 1.77. The molecule has 1 heterocycles. The van der Waals surface area contributed by atoms with Crippen LogP contribution in [0.1, 0.15) is 42.0 Å². The number of guanidine groups is 1. The largest absolute Gasteiger partial charge is 0.494 e. The van der Waals surface area contributed by atoms with E-state index in [9.17, 15) is 4.79 Å². The zero-order chi connectivity index (χ0) is 21.3. The maximum atomic E-state index is 12.0. The van der Waals surface area contributed by atoms with E-state index < -0.39 is 0 Å². The van der Waals surface area contributed by atoms with Gasteiger partial charge in [-0.1, -0.05) is 36.4 Å². The van der Waals surface area contributed by atoms with Crippen molar-refractivity contribution in [1.29, 1.82) is 0 Å². The van der Waals surface area contributed by atoms with E-state index in [0.29, 0.717) is 32.7 Å². The van der Waals surface area contributed by atoms with Crippen LogP contribution in [0.5, 0.6) is 5.75 Å². The number of likely N-dealkylation sites (tertiary alicyclic amines) is 1. The number of nitrogens with zero attached hydrogens (tertiary/aromatic N) is 2. The van der Waals surface area contributed by atoms with Gasteiger partial charge in [0.1, 0.15) is 5.75 Å². The molecule has 0 aliphatic carbocycles. The number of nitrogens with one attached hydrogen (secondary N) is 2. The number of rotatable bonds is 8. The number of amides is 1. The van der Waals surface area contributed by atoms with Crippen molar-refractivity contribution in [2.45, 2.75) is 46.3 Å². The molecule has 0 bridgehead atoms. The minimum Gasteiger partial charge on any atom is -0.494 e. The molecular formula is C24H33IN4O2. The van der Waals surface area contributed by atoms with Crippen molar-refractivity contribution >= 4 is 35.8 Å². The van der Waals surface area contributed by atoms with Gasteiger partial charge in [0, 0.05) is 45.2 Å². The molecule has 2 aromatic carbocycles. The predicted molar refractivity (Wildman–Crippen MR) is 136 cm³/mol. The Bertz CT molecular complexity index is 901. The van der Waals surface area contributed by atoms with Gasteiger partial charge in [-0.25, -0.2) is 0 Å². The Morgan fingerprint density at radius 2 is 1.81 bits per heavy atom. The highest BCUT2D eigenvalue weighted by molar-refractivity contribution is 14.0. The fourth-order valence-corrected chi connectivity index (χ4v) is 3.64. The van der Waals surface area contributed by atoms with Crippen LogP contribution in [0.4, 0.5) is 0 Å². The van der Waals surface area contributed by atoms with Crippen molar-refractivity contribution in [1.82, 2.24) is 15.5 Å². The maximum Gasteiger partial charge on any atom is 0.222 e. The summed E-state index contributed by atoms with van der Waals surface area (Å²) in [5.41, 5.74) is 4.62. The minimum atomic E-state index is 0. The third-order valence-corrected chi connectivity index (χ3v) is 5.29. The van der Waals surface area contributed by atoms with Gasteiger partial charge in [0.05, 0.1) is 6.61 Å². The Morgan fingerprint density at radius 3 is 2.45 bits per heavy atom. The average Bonchev–Trinajstić information content (AvgIpc) is 3.15. The van der Waals surface area contributed by atoms with E-state index >= 15 is 0 Å². The van der Waals surface area contributed by atoms with Gasteiger partial charge < -0.3 is 20.3 Å². The summed E-state index contributed by atoms with van der Waals surface area (Å²) in [5, 5.41) is 6.76. The summed E-state index contributed by atoms with van der Waals surface area (Å²) in [4.78, 5) is 18.3. The molecule has 31 heavy (non-hydrogen) atoms. The minimum absolute atomic E-state index is 0. The predicted octanol–water partition coefficient (Wildman–Crippen LogP) is 4.00. The Hall–Kier alpha value is -2.29. The van der Waals surface area contributed by atoms with Crippen molar-refractivity contribution in [3.8, 4) is 5.75 Å². The van der Waals surface area contributed by atoms with Crippen molar-refractivity contribution in [3.63, 3.8) is 0 Å². The first-order chi connectivity index (χ1) is 14.6. The Morgan fingerprint density at radius 1 is 1.10 bits per heavy atom. The molecule has 0 saturated carbocycles. The number of carbonyl (C=O) groups excluding carboxylic acids is 1. The van der Waals surface area contributed by atoms with Crippen LogP contribution in [0.25, 0.3) is 0 Å². The highest BCUT2D eigenvalue weighted by Gasteiger charge is 2.20. The number of ether oxygens (including phenoxy) is 1. The summed E-state index contributed by atoms with van der Waals surface area (Å²) in [5.74, 6) is 1.88. The van der Waals surface area contributed by atoms with E-state index in [-0.39, 0.29) is 29.9 Å². The molecule has 7 heteroatoms. The van der Waals surface area contributed by atoms with Crippen LogP contribution in [-0.2, 0) is 24.4 Å². The number of hydrogen-bond donors (Lipinski definition) is 2. The van der Waals surface area contributed by atoms with Gasteiger partial charge in [0.2, 0.25) is 5.91 Å². The first-order valence-electron chi connectivity index (χ1n) is 10.6. The second-order valence-corrected chi connectivity index (χ2v) is 7.51. The fraction of sp³-hybridized carbons (Fsp3) is 0.417. The van der Waals surface area contributed by atoms with Gasteiger partial charge in [-0.15, -0.1) is 24.0 Å². The summed E-state index contributed by atoms with van der Waals surface area (Å²) in [6, 6.07) is 14.5. The Kier molecular flexibility index (Phi) is 10.1. The summed E-state index contributed by atoms with van der Waals surface area (Å²) >= 11 is 0. The monoisotopic (exact) mass is 536 g/mol. The fourth-order valence-electron chi connectivity index (χ4n) is 3.64. The lowest BCUT2D eigenvalue weighted by molar-refractivity contribution is -0.128. The molecule has 1 aliphatic rings. The molecule has 1 saturated heterocycles. The summed E-state index contributed by atoms with van der Waals surface area (Å²) in [6.45, 7) is 7.48. The van der Waals surface area contributed by atoms with Gasteiger partial charge in [-0.2, -0.15) is 0 Å². The van der Waals surface area contributed by atoms with Crippen LogP contribution in [-0.4, -0.2) is 37.0 Å². The number of aryl methyl sites for hydroxylation is 1. The van der Waals surface area contributed by atoms with E-state index in [4.69, 9.17) is 4.74 Å². The molecule has 1 fully saturated rings. The number of hydrogen-bond acceptors (Lipinski definition) is 3. The Balaban J connectivity index is 0.00000341. The third kappa shape index (κ3) is 7.12. The highest BCUT2D eigenvalue weighted by Crippen LogP contribution is 2.20.